The van der Waals surface area contributed by atoms with Crippen LogP contribution in [0.4, 0.5) is 0 Å². The third-order valence-electron chi connectivity index (χ3n) is 4.16. The molecule has 132 valence electrons. The molecule has 1 aliphatic rings. The summed E-state index contributed by atoms with van der Waals surface area (Å²) in [5.74, 6) is 0.841. The Kier molecular flexibility index (Phi) is 7.09. The SMILES string of the molecule is CCNC(=NCC(=O)N1CCCC1)NCCc1cc(C)cc(C)c1. The van der Waals surface area contributed by atoms with Crippen LogP contribution in [0.3, 0.4) is 0 Å². The van der Waals surface area contributed by atoms with Crippen LogP contribution in [0, 0.1) is 13.8 Å². The van der Waals surface area contributed by atoms with Crippen molar-refractivity contribution >= 4 is 11.9 Å². The Labute approximate surface area is 145 Å². The van der Waals surface area contributed by atoms with Crippen molar-refractivity contribution in [1.82, 2.24) is 15.5 Å². The van der Waals surface area contributed by atoms with Crippen molar-refractivity contribution in [3.8, 4) is 0 Å². The monoisotopic (exact) mass is 330 g/mol. The second kappa shape index (κ2) is 9.30. The molecule has 0 radical (unpaired) electrons. The molecule has 0 aliphatic carbocycles. The zero-order chi connectivity index (χ0) is 17.4. The summed E-state index contributed by atoms with van der Waals surface area (Å²) in [7, 11) is 0. The second-order valence-electron chi connectivity index (χ2n) is 6.46. The highest BCUT2D eigenvalue weighted by molar-refractivity contribution is 5.85. The van der Waals surface area contributed by atoms with Crippen LogP contribution in [-0.4, -0.2) is 49.5 Å². The molecule has 1 aromatic carbocycles. The van der Waals surface area contributed by atoms with E-state index in [9.17, 15) is 4.79 Å². The molecule has 0 atom stereocenters. The maximum absolute atomic E-state index is 12.1. The van der Waals surface area contributed by atoms with Crippen molar-refractivity contribution in [3.63, 3.8) is 0 Å². The first-order chi connectivity index (χ1) is 11.6. The Bertz CT molecular complexity index is 556. The molecular formula is C19H30N4O. The molecule has 1 amide bonds. The number of hydrogen-bond acceptors (Lipinski definition) is 2. The first-order valence-corrected chi connectivity index (χ1v) is 8.95. The fourth-order valence-corrected chi connectivity index (χ4v) is 3.09. The summed E-state index contributed by atoms with van der Waals surface area (Å²) in [5.41, 5.74) is 3.91. The molecule has 5 nitrogen and oxygen atoms in total. The average Bonchev–Trinajstić information content (AvgIpc) is 3.06. The predicted molar refractivity (Wildman–Crippen MR) is 99.4 cm³/mol. The van der Waals surface area contributed by atoms with Gasteiger partial charge in [-0.2, -0.15) is 0 Å². The smallest absolute Gasteiger partial charge is 0.244 e. The second-order valence-corrected chi connectivity index (χ2v) is 6.46. The van der Waals surface area contributed by atoms with E-state index in [1.165, 1.54) is 16.7 Å². The highest BCUT2D eigenvalue weighted by Gasteiger charge is 2.17. The topological polar surface area (TPSA) is 56.7 Å². The first-order valence-electron chi connectivity index (χ1n) is 8.95. The number of rotatable bonds is 6. The number of likely N-dealkylation sites (tertiary alicyclic amines) is 1. The van der Waals surface area contributed by atoms with Crippen LogP contribution in [0.15, 0.2) is 23.2 Å². The Morgan fingerprint density at radius 1 is 1.12 bits per heavy atom. The van der Waals surface area contributed by atoms with Gasteiger partial charge in [0.05, 0.1) is 0 Å². The van der Waals surface area contributed by atoms with Gasteiger partial charge in [0.25, 0.3) is 0 Å². The van der Waals surface area contributed by atoms with Crippen LogP contribution < -0.4 is 10.6 Å². The average molecular weight is 330 g/mol. The Morgan fingerprint density at radius 3 is 2.42 bits per heavy atom. The maximum Gasteiger partial charge on any atom is 0.244 e. The van der Waals surface area contributed by atoms with Crippen molar-refractivity contribution in [2.45, 2.75) is 40.0 Å². The fourth-order valence-electron chi connectivity index (χ4n) is 3.09. The predicted octanol–water partition coefficient (Wildman–Crippen LogP) is 2.02. The van der Waals surface area contributed by atoms with Gasteiger partial charge in [0, 0.05) is 26.2 Å². The largest absolute Gasteiger partial charge is 0.357 e. The van der Waals surface area contributed by atoms with Crippen LogP contribution in [-0.2, 0) is 11.2 Å². The number of guanidine groups is 1. The lowest BCUT2D eigenvalue weighted by atomic mass is 10.1. The van der Waals surface area contributed by atoms with Gasteiger partial charge in [0.2, 0.25) is 5.91 Å². The lowest BCUT2D eigenvalue weighted by Crippen LogP contribution is -2.39. The Hall–Kier alpha value is -2.04. The summed E-state index contributed by atoms with van der Waals surface area (Å²) >= 11 is 0. The molecule has 1 heterocycles. The van der Waals surface area contributed by atoms with Crippen molar-refractivity contribution in [2.24, 2.45) is 4.99 Å². The van der Waals surface area contributed by atoms with Crippen molar-refractivity contribution in [3.05, 3.63) is 34.9 Å². The third kappa shape index (κ3) is 5.87. The van der Waals surface area contributed by atoms with Gasteiger partial charge in [0.1, 0.15) is 6.54 Å². The third-order valence-corrected chi connectivity index (χ3v) is 4.16. The zero-order valence-corrected chi connectivity index (χ0v) is 15.2. The highest BCUT2D eigenvalue weighted by Crippen LogP contribution is 2.09. The summed E-state index contributed by atoms with van der Waals surface area (Å²) in [6.45, 7) is 9.84. The van der Waals surface area contributed by atoms with Gasteiger partial charge < -0.3 is 15.5 Å². The molecular weight excluding hydrogens is 300 g/mol. The first kappa shape index (κ1) is 18.3. The molecule has 2 N–H and O–H groups in total. The minimum atomic E-state index is 0.124. The minimum Gasteiger partial charge on any atom is -0.357 e. The Morgan fingerprint density at radius 2 is 1.79 bits per heavy atom. The molecule has 0 saturated carbocycles. The van der Waals surface area contributed by atoms with Gasteiger partial charge >= 0.3 is 0 Å². The summed E-state index contributed by atoms with van der Waals surface area (Å²) in [4.78, 5) is 18.4. The molecule has 24 heavy (non-hydrogen) atoms. The lowest BCUT2D eigenvalue weighted by molar-refractivity contribution is -0.128. The van der Waals surface area contributed by atoms with Crippen molar-refractivity contribution in [2.75, 3.05) is 32.7 Å². The minimum absolute atomic E-state index is 0.124. The molecule has 5 heteroatoms. The van der Waals surface area contributed by atoms with Crippen LogP contribution in [0.1, 0.15) is 36.5 Å². The van der Waals surface area contributed by atoms with E-state index in [0.717, 1.165) is 51.4 Å². The number of aliphatic imine (C=N–C) groups is 1. The molecule has 0 aromatic heterocycles. The summed E-state index contributed by atoms with van der Waals surface area (Å²) in [6, 6.07) is 6.62. The number of aryl methyl sites for hydroxylation is 2. The van der Waals surface area contributed by atoms with Gasteiger partial charge in [-0.1, -0.05) is 29.3 Å². The van der Waals surface area contributed by atoms with Crippen LogP contribution in [0.2, 0.25) is 0 Å². The standard InChI is InChI=1S/C19H30N4O/c1-4-20-19(22-14-18(24)23-9-5-6-10-23)21-8-7-17-12-15(2)11-16(3)13-17/h11-13H,4-10,14H2,1-3H3,(H2,20,21,22). The van der Waals surface area contributed by atoms with E-state index in [-0.39, 0.29) is 12.5 Å². The van der Waals surface area contributed by atoms with Crippen LogP contribution in [0.5, 0.6) is 0 Å². The molecule has 1 aromatic rings. The molecule has 1 saturated heterocycles. The molecule has 0 spiro atoms. The number of carbonyl (C=O) groups excluding carboxylic acids is 1. The number of hydrogen-bond donors (Lipinski definition) is 2. The number of nitrogens with zero attached hydrogens (tertiary/aromatic N) is 2. The van der Waals surface area contributed by atoms with Gasteiger partial charge in [-0.05, 0) is 45.6 Å². The van der Waals surface area contributed by atoms with Crippen LogP contribution >= 0.6 is 0 Å². The normalized spacial score (nSPS) is 14.8. The van der Waals surface area contributed by atoms with E-state index in [4.69, 9.17) is 0 Å². The summed E-state index contributed by atoms with van der Waals surface area (Å²) in [6.07, 6.45) is 3.17. The van der Waals surface area contributed by atoms with Crippen molar-refractivity contribution in [1.29, 1.82) is 0 Å². The van der Waals surface area contributed by atoms with E-state index in [0.29, 0.717) is 0 Å². The van der Waals surface area contributed by atoms with Crippen molar-refractivity contribution < 1.29 is 4.79 Å². The van der Waals surface area contributed by atoms with E-state index in [1.807, 2.05) is 11.8 Å². The fraction of sp³-hybridized carbons (Fsp3) is 0.579. The van der Waals surface area contributed by atoms with Gasteiger partial charge in [-0.3, -0.25) is 4.79 Å². The van der Waals surface area contributed by atoms with Gasteiger partial charge in [-0.25, -0.2) is 4.99 Å². The number of carbonyl (C=O) groups is 1. The molecule has 0 unspecified atom stereocenters. The molecule has 1 aliphatic heterocycles. The van der Waals surface area contributed by atoms with E-state index < -0.39 is 0 Å². The van der Waals surface area contributed by atoms with Gasteiger partial charge in [0.15, 0.2) is 5.96 Å². The van der Waals surface area contributed by atoms with Gasteiger partial charge in [-0.15, -0.1) is 0 Å². The quantitative estimate of drug-likeness (QED) is 0.620. The number of benzene rings is 1. The van der Waals surface area contributed by atoms with Crippen LogP contribution in [0.25, 0.3) is 0 Å². The molecule has 1 fully saturated rings. The van der Waals surface area contributed by atoms with E-state index >= 15 is 0 Å². The molecule has 2 rings (SSSR count). The zero-order valence-electron chi connectivity index (χ0n) is 15.2. The summed E-state index contributed by atoms with van der Waals surface area (Å²) in [5, 5.41) is 6.53. The van der Waals surface area contributed by atoms with E-state index in [1.54, 1.807) is 0 Å². The molecule has 0 bridgehead atoms. The number of nitrogens with one attached hydrogen (secondary N) is 2. The Balaban J connectivity index is 1.83. The maximum atomic E-state index is 12.1. The summed E-state index contributed by atoms with van der Waals surface area (Å²) < 4.78 is 0. The highest BCUT2D eigenvalue weighted by atomic mass is 16.2. The number of amides is 1. The van der Waals surface area contributed by atoms with E-state index in [2.05, 4.69) is 47.7 Å². The lowest BCUT2D eigenvalue weighted by Gasteiger charge is -2.15.